The van der Waals surface area contributed by atoms with Crippen LogP contribution in [0.2, 0.25) is 0 Å². The fourth-order valence-electron chi connectivity index (χ4n) is 2.36. The molecule has 1 aliphatic rings. The van der Waals surface area contributed by atoms with Crippen molar-refractivity contribution < 1.29 is 0 Å². The summed E-state index contributed by atoms with van der Waals surface area (Å²) in [6, 6.07) is 10.5. The molecule has 1 aliphatic carbocycles. The van der Waals surface area contributed by atoms with Crippen LogP contribution in [0.1, 0.15) is 31.2 Å². The fraction of sp³-hybridized carbons (Fsp3) is 0.429. The van der Waals surface area contributed by atoms with Crippen molar-refractivity contribution in [1.29, 1.82) is 0 Å². The van der Waals surface area contributed by atoms with E-state index in [-0.39, 0.29) is 5.41 Å². The van der Waals surface area contributed by atoms with Crippen molar-refractivity contribution in [2.24, 2.45) is 11.1 Å². The summed E-state index contributed by atoms with van der Waals surface area (Å²) in [7, 11) is 0. The van der Waals surface area contributed by atoms with Gasteiger partial charge in [0.1, 0.15) is 0 Å². The normalized spacial score (nSPS) is 19.8. The first-order chi connectivity index (χ1) is 7.35. The average molecular weight is 201 g/mol. The molecule has 1 nitrogen and oxygen atoms in total. The standard InChI is InChI=1S/C14H19N/c15-12-14(9-4-5-10-14)11-8-13-6-2-1-3-7-13/h1-3,6-8,11H,4-5,9-10,12,15H2/b11-8+. The molecular weight excluding hydrogens is 182 g/mol. The topological polar surface area (TPSA) is 26.0 Å². The average Bonchev–Trinajstić information content (AvgIpc) is 2.77. The highest BCUT2D eigenvalue weighted by Crippen LogP contribution is 2.38. The molecule has 2 N–H and O–H groups in total. The second kappa shape index (κ2) is 4.63. The van der Waals surface area contributed by atoms with Gasteiger partial charge in [-0.2, -0.15) is 0 Å². The first-order valence-electron chi connectivity index (χ1n) is 5.79. The Morgan fingerprint density at radius 1 is 1.13 bits per heavy atom. The van der Waals surface area contributed by atoms with Crippen LogP contribution in [-0.2, 0) is 0 Å². The summed E-state index contributed by atoms with van der Waals surface area (Å²) in [4.78, 5) is 0. The number of nitrogens with two attached hydrogens (primary N) is 1. The van der Waals surface area contributed by atoms with E-state index in [4.69, 9.17) is 5.73 Å². The highest BCUT2D eigenvalue weighted by Gasteiger charge is 2.29. The molecule has 0 saturated heterocycles. The van der Waals surface area contributed by atoms with Gasteiger partial charge in [-0.1, -0.05) is 55.3 Å². The molecule has 1 saturated carbocycles. The van der Waals surface area contributed by atoms with E-state index in [0.29, 0.717) is 0 Å². The Bertz CT molecular complexity index is 320. The Hall–Kier alpha value is -1.08. The van der Waals surface area contributed by atoms with Crippen LogP contribution in [0.5, 0.6) is 0 Å². The van der Waals surface area contributed by atoms with Crippen LogP contribution in [0.3, 0.4) is 0 Å². The predicted octanol–water partition coefficient (Wildman–Crippen LogP) is 3.22. The molecule has 0 aliphatic heterocycles. The van der Waals surface area contributed by atoms with E-state index in [1.54, 1.807) is 0 Å². The van der Waals surface area contributed by atoms with E-state index in [2.05, 4.69) is 36.4 Å². The maximum atomic E-state index is 5.88. The van der Waals surface area contributed by atoms with Crippen molar-refractivity contribution >= 4 is 6.08 Å². The van der Waals surface area contributed by atoms with E-state index in [9.17, 15) is 0 Å². The third-order valence-electron chi connectivity index (χ3n) is 3.43. The molecular formula is C14H19N. The van der Waals surface area contributed by atoms with Gasteiger partial charge in [0.05, 0.1) is 0 Å². The molecule has 1 aromatic carbocycles. The molecule has 1 heteroatoms. The second-order valence-corrected chi connectivity index (χ2v) is 4.52. The molecule has 0 unspecified atom stereocenters. The lowest BCUT2D eigenvalue weighted by molar-refractivity contribution is 0.411. The van der Waals surface area contributed by atoms with Gasteiger partial charge in [0, 0.05) is 12.0 Å². The lowest BCUT2D eigenvalue weighted by atomic mass is 9.85. The quantitative estimate of drug-likeness (QED) is 0.798. The van der Waals surface area contributed by atoms with Crippen LogP contribution in [0.25, 0.3) is 6.08 Å². The fourth-order valence-corrected chi connectivity index (χ4v) is 2.36. The summed E-state index contributed by atoms with van der Waals surface area (Å²) in [6.45, 7) is 0.788. The largest absolute Gasteiger partial charge is 0.330 e. The van der Waals surface area contributed by atoms with E-state index in [1.807, 2.05) is 6.07 Å². The highest BCUT2D eigenvalue weighted by molar-refractivity contribution is 5.49. The molecule has 0 bridgehead atoms. The molecule has 0 aromatic heterocycles. The Morgan fingerprint density at radius 3 is 2.40 bits per heavy atom. The molecule has 0 spiro atoms. The molecule has 0 radical (unpaired) electrons. The monoisotopic (exact) mass is 201 g/mol. The Labute approximate surface area is 92.0 Å². The Morgan fingerprint density at radius 2 is 1.80 bits per heavy atom. The number of benzene rings is 1. The van der Waals surface area contributed by atoms with Crippen LogP contribution in [-0.4, -0.2) is 6.54 Å². The summed E-state index contributed by atoms with van der Waals surface area (Å²) in [5.41, 5.74) is 7.44. The van der Waals surface area contributed by atoms with Gasteiger partial charge in [-0.25, -0.2) is 0 Å². The Balaban J connectivity index is 2.10. The smallest absolute Gasteiger partial charge is 0.00143 e. The predicted molar refractivity (Wildman–Crippen MR) is 65.4 cm³/mol. The minimum atomic E-state index is 0.288. The van der Waals surface area contributed by atoms with E-state index in [1.165, 1.54) is 31.2 Å². The molecule has 80 valence electrons. The summed E-state index contributed by atoms with van der Waals surface area (Å²) in [5, 5.41) is 0. The molecule has 2 rings (SSSR count). The van der Waals surface area contributed by atoms with E-state index >= 15 is 0 Å². The van der Waals surface area contributed by atoms with E-state index < -0.39 is 0 Å². The zero-order chi connectivity index (χ0) is 10.6. The van der Waals surface area contributed by atoms with Crippen LogP contribution >= 0.6 is 0 Å². The SMILES string of the molecule is NCC1(/C=C/c2ccccc2)CCCC1. The maximum absolute atomic E-state index is 5.88. The van der Waals surface area contributed by atoms with Gasteiger partial charge in [0.2, 0.25) is 0 Å². The zero-order valence-electron chi connectivity index (χ0n) is 9.15. The zero-order valence-corrected chi connectivity index (χ0v) is 9.15. The number of hydrogen-bond donors (Lipinski definition) is 1. The molecule has 15 heavy (non-hydrogen) atoms. The minimum absolute atomic E-state index is 0.288. The van der Waals surface area contributed by atoms with E-state index in [0.717, 1.165) is 6.54 Å². The van der Waals surface area contributed by atoms with Gasteiger partial charge >= 0.3 is 0 Å². The van der Waals surface area contributed by atoms with Gasteiger partial charge in [-0.3, -0.25) is 0 Å². The lowest BCUT2D eigenvalue weighted by Gasteiger charge is -2.22. The summed E-state index contributed by atoms with van der Waals surface area (Å²) >= 11 is 0. The third-order valence-corrected chi connectivity index (χ3v) is 3.43. The summed E-state index contributed by atoms with van der Waals surface area (Å²) in [5.74, 6) is 0. The molecule has 0 heterocycles. The van der Waals surface area contributed by atoms with Gasteiger partial charge < -0.3 is 5.73 Å². The third kappa shape index (κ3) is 2.48. The van der Waals surface area contributed by atoms with Crippen molar-refractivity contribution in [3.05, 3.63) is 42.0 Å². The highest BCUT2D eigenvalue weighted by atomic mass is 14.6. The van der Waals surface area contributed by atoms with Gasteiger partial charge in [0.15, 0.2) is 0 Å². The van der Waals surface area contributed by atoms with Crippen molar-refractivity contribution in [3.63, 3.8) is 0 Å². The summed E-state index contributed by atoms with van der Waals surface area (Å²) < 4.78 is 0. The van der Waals surface area contributed by atoms with Gasteiger partial charge in [0.25, 0.3) is 0 Å². The van der Waals surface area contributed by atoms with Gasteiger partial charge in [-0.05, 0) is 18.4 Å². The second-order valence-electron chi connectivity index (χ2n) is 4.52. The van der Waals surface area contributed by atoms with Crippen LogP contribution in [0.15, 0.2) is 36.4 Å². The molecule has 1 aromatic rings. The van der Waals surface area contributed by atoms with Crippen LogP contribution in [0.4, 0.5) is 0 Å². The number of rotatable bonds is 3. The van der Waals surface area contributed by atoms with Crippen molar-refractivity contribution in [2.45, 2.75) is 25.7 Å². The molecule has 0 atom stereocenters. The van der Waals surface area contributed by atoms with Crippen molar-refractivity contribution in [3.8, 4) is 0 Å². The van der Waals surface area contributed by atoms with Crippen LogP contribution in [0, 0.1) is 5.41 Å². The molecule has 0 amide bonds. The minimum Gasteiger partial charge on any atom is -0.330 e. The number of hydrogen-bond acceptors (Lipinski definition) is 1. The Kier molecular flexibility index (Phi) is 3.22. The van der Waals surface area contributed by atoms with Gasteiger partial charge in [-0.15, -0.1) is 0 Å². The van der Waals surface area contributed by atoms with Crippen LogP contribution < -0.4 is 5.73 Å². The lowest BCUT2D eigenvalue weighted by Crippen LogP contribution is -2.24. The summed E-state index contributed by atoms with van der Waals surface area (Å²) in [6.07, 6.45) is 9.72. The maximum Gasteiger partial charge on any atom is 0.00143 e. The van der Waals surface area contributed by atoms with Crippen molar-refractivity contribution in [1.82, 2.24) is 0 Å². The molecule has 1 fully saturated rings. The van der Waals surface area contributed by atoms with Crippen molar-refractivity contribution in [2.75, 3.05) is 6.54 Å². The first kappa shape index (κ1) is 10.4. The first-order valence-corrected chi connectivity index (χ1v) is 5.79.